The molecule has 196 valence electrons. The van der Waals surface area contributed by atoms with Gasteiger partial charge in [-0.05, 0) is 59.9 Å². The van der Waals surface area contributed by atoms with Gasteiger partial charge in [0.1, 0.15) is 0 Å². The van der Waals surface area contributed by atoms with Gasteiger partial charge in [0.15, 0.2) is 0 Å². The van der Waals surface area contributed by atoms with Crippen LogP contribution in [0.3, 0.4) is 0 Å². The molecule has 1 heterocycles. The Kier molecular flexibility index (Phi) is 10.2. The first-order chi connectivity index (χ1) is 18.2. The summed E-state index contributed by atoms with van der Waals surface area (Å²) in [6, 6.07) is 23.6. The molecular formula is C36H42N2. The first-order valence-corrected chi connectivity index (χ1v) is 13.6. The van der Waals surface area contributed by atoms with Crippen LogP contribution >= 0.6 is 0 Å². The molecular weight excluding hydrogens is 460 g/mol. The van der Waals surface area contributed by atoms with Crippen molar-refractivity contribution in [3.8, 4) is 0 Å². The smallest absolute Gasteiger partial charge is 0.0780 e. The van der Waals surface area contributed by atoms with Crippen LogP contribution in [0.4, 0.5) is 0 Å². The minimum absolute atomic E-state index is 0.619. The van der Waals surface area contributed by atoms with Crippen LogP contribution in [-0.4, -0.2) is 4.98 Å². The summed E-state index contributed by atoms with van der Waals surface area (Å²) in [5.41, 5.74) is 16.8. The van der Waals surface area contributed by atoms with Gasteiger partial charge >= 0.3 is 0 Å². The average Bonchev–Trinajstić information content (AvgIpc) is 2.90. The third-order valence-electron chi connectivity index (χ3n) is 6.68. The number of pyridine rings is 1. The molecule has 0 aliphatic rings. The maximum atomic E-state index is 5.86. The maximum absolute atomic E-state index is 5.86. The minimum atomic E-state index is 0.619. The summed E-state index contributed by atoms with van der Waals surface area (Å²) in [4.78, 5) is 4.74. The number of aromatic nitrogens is 1. The third-order valence-corrected chi connectivity index (χ3v) is 6.68. The van der Waals surface area contributed by atoms with E-state index in [0.717, 1.165) is 46.0 Å². The molecule has 0 saturated heterocycles. The summed E-state index contributed by atoms with van der Waals surface area (Å²) in [5.74, 6) is 0. The molecule has 0 spiro atoms. The second kappa shape index (κ2) is 13.6. The molecule has 0 saturated carbocycles. The standard InChI is InChI=1S/C26H28N2.C10H14/c1-6-7-18(3)21-9-11-22(12-10-21)20(5)26-24-13-8-17(2)14-25(24)23(16-28-26)15-19(4)27;1-3-4-10-7-5-9(2)6-8-10/h8-14,16H,3-7,15,27H2,1-2H3;5-8H,3-4H2,1-2H3. The topological polar surface area (TPSA) is 38.9 Å². The molecule has 0 unspecified atom stereocenters. The normalized spacial score (nSPS) is 10.5. The van der Waals surface area contributed by atoms with Gasteiger partial charge in [-0.3, -0.25) is 4.98 Å². The summed E-state index contributed by atoms with van der Waals surface area (Å²) in [6.07, 6.45) is 7.08. The molecule has 4 rings (SSSR count). The molecule has 2 N–H and O–H groups in total. The van der Waals surface area contributed by atoms with Crippen molar-refractivity contribution in [2.75, 3.05) is 0 Å². The van der Waals surface area contributed by atoms with Crippen LogP contribution in [0.5, 0.6) is 0 Å². The van der Waals surface area contributed by atoms with Crippen LogP contribution in [0, 0.1) is 13.8 Å². The van der Waals surface area contributed by atoms with Crippen molar-refractivity contribution in [1.82, 2.24) is 4.98 Å². The summed E-state index contributed by atoms with van der Waals surface area (Å²) >= 11 is 0. The number of allylic oxidation sites excluding steroid dienone is 2. The zero-order valence-corrected chi connectivity index (χ0v) is 23.6. The van der Waals surface area contributed by atoms with Crippen LogP contribution in [-0.2, 0) is 12.8 Å². The van der Waals surface area contributed by atoms with Gasteiger partial charge in [0.25, 0.3) is 0 Å². The van der Waals surface area contributed by atoms with Crippen LogP contribution in [0.25, 0.3) is 21.9 Å². The van der Waals surface area contributed by atoms with E-state index in [0.29, 0.717) is 12.1 Å². The van der Waals surface area contributed by atoms with Crippen LogP contribution in [0.15, 0.2) is 98.4 Å². The monoisotopic (exact) mass is 502 g/mol. The fourth-order valence-electron chi connectivity index (χ4n) is 4.57. The molecule has 4 aromatic rings. The lowest BCUT2D eigenvalue weighted by molar-refractivity contribution is 0.921. The van der Waals surface area contributed by atoms with Crippen molar-refractivity contribution < 1.29 is 0 Å². The van der Waals surface area contributed by atoms with Crippen LogP contribution in [0.2, 0.25) is 0 Å². The quantitative estimate of drug-likeness (QED) is 0.247. The van der Waals surface area contributed by atoms with Crippen molar-refractivity contribution in [1.29, 1.82) is 0 Å². The summed E-state index contributed by atoms with van der Waals surface area (Å²) in [5, 5.41) is 2.25. The summed E-state index contributed by atoms with van der Waals surface area (Å²) in [7, 11) is 0. The first kappa shape index (κ1) is 28.7. The van der Waals surface area contributed by atoms with Gasteiger partial charge in [-0.25, -0.2) is 0 Å². The number of rotatable bonds is 9. The highest BCUT2D eigenvalue weighted by molar-refractivity contribution is 5.97. The SMILES string of the molecule is C=C(N)Cc1cnc(C(=C)c2ccc(C(=C)CCC)cc2)c2ccc(C)cc12.CCCc1ccc(C)cc1. The molecule has 0 bridgehead atoms. The molecule has 2 heteroatoms. The Labute approximate surface area is 229 Å². The average molecular weight is 503 g/mol. The fraction of sp³-hybridized carbons (Fsp3) is 0.250. The van der Waals surface area contributed by atoms with E-state index < -0.39 is 0 Å². The van der Waals surface area contributed by atoms with E-state index in [1.54, 1.807) is 0 Å². The predicted molar refractivity (Wildman–Crippen MR) is 167 cm³/mol. The zero-order valence-electron chi connectivity index (χ0n) is 23.6. The lowest BCUT2D eigenvalue weighted by Crippen LogP contribution is -2.02. The van der Waals surface area contributed by atoms with Gasteiger partial charge in [-0.15, -0.1) is 0 Å². The van der Waals surface area contributed by atoms with Crippen molar-refractivity contribution in [3.05, 3.63) is 137 Å². The van der Waals surface area contributed by atoms with E-state index in [1.807, 2.05) is 6.20 Å². The maximum Gasteiger partial charge on any atom is 0.0780 e. The van der Waals surface area contributed by atoms with E-state index in [-0.39, 0.29) is 0 Å². The Hall–Kier alpha value is -3.91. The summed E-state index contributed by atoms with van der Waals surface area (Å²) in [6.45, 7) is 21.0. The van der Waals surface area contributed by atoms with Gasteiger partial charge < -0.3 is 5.73 Å². The van der Waals surface area contributed by atoms with Gasteiger partial charge in [-0.1, -0.05) is 124 Å². The van der Waals surface area contributed by atoms with Crippen molar-refractivity contribution in [3.63, 3.8) is 0 Å². The van der Waals surface area contributed by atoms with E-state index in [4.69, 9.17) is 10.7 Å². The highest BCUT2D eigenvalue weighted by atomic mass is 14.7. The second-order valence-corrected chi connectivity index (χ2v) is 10.2. The van der Waals surface area contributed by atoms with Gasteiger partial charge in [-0.2, -0.15) is 0 Å². The number of aryl methyl sites for hydroxylation is 3. The van der Waals surface area contributed by atoms with Crippen molar-refractivity contribution in [2.45, 2.75) is 59.8 Å². The van der Waals surface area contributed by atoms with Gasteiger partial charge in [0.05, 0.1) is 5.69 Å². The van der Waals surface area contributed by atoms with Crippen molar-refractivity contribution in [2.24, 2.45) is 5.73 Å². The Morgan fingerprint density at radius 3 is 2.00 bits per heavy atom. The van der Waals surface area contributed by atoms with E-state index in [1.165, 1.54) is 40.7 Å². The van der Waals surface area contributed by atoms with Gasteiger partial charge in [0, 0.05) is 29.3 Å². The lowest BCUT2D eigenvalue weighted by Gasteiger charge is -2.14. The number of fused-ring (bicyclic) bond motifs is 1. The highest BCUT2D eigenvalue weighted by Gasteiger charge is 2.13. The number of hydrogen-bond donors (Lipinski definition) is 1. The molecule has 3 aromatic carbocycles. The number of nitrogens with two attached hydrogens (primary N) is 1. The molecule has 2 nitrogen and oxygen atoms in total. The summed E-state index contributed by atoms with van der Waals surface area (Å²) < 4.78 is 0. The first-order valence-electron chi connectivity index (χ1n) is 13.6. The molecule has 0 fully saturated rings. The zero-order chi connectivity index (χ0) is 27.7. The number of benzene rings is 3. The second-order valence-electron chi connectivity index (χ2n) is 10.2. The molecule has 0 atom stereocenters. The molecule has 0 radical (unpaired) electrons. The van der Waals surface area contributed by atoms with Crippen molar-refractivity contribution >= 4 is 21.9 Å². The van der Waals surface area contributed by atoms with Crippen LogP contribution < -0.4 is 5.73 Å². The van der Waals surface area contributed by atoms with Crippen LogP contribution in [0.1, 0.15) is 72.2 Å². The molecule has 0 aliphatic heterocycles. The Morgan fingerprint density at radius 2 is 1.39 bits per heavy atom. The lowest BCUT2D eigenvalue weighted by atomic mass is 9.94. The Balaban J connectivity index is 0.000000336. The van der Waals surface area contributed by atoms with E-state index >= 15 is 0 Å². The molecule has 1 aromatic heterocycles. The Bertz CT molecular complexity index is 1410. The fourth-order valence-corrected chi connectivity index (χ4v) is 4.57. The molecule has 0 aliphatic carbocycles. The molecule has 0 amide bonds. The predicted octanol–water partition coefficient (Wildman–Crippen LogP) is 9.38. The largest absolute Gasteiger partial charge is 0.402 e. The number of nitrogens with zero attached hydrogens (tertiary/aromatic N) is 1. The highest BCUT2D eigenvalue weighted by Crippen LogP contribution is 2.31. The molecule has 38 heavy (non-hydrogen) atoms. The third kappa shape index (κ3) is 7.55. The van der Waals surface area contributed by atoms with E-state index in [9.17, 15) is 0 Å². The number of hydrogen-bond acceptors (Lipinski definition) is 2. The van der Waals surface area contributed by atoms with E-state index in [2.05, 4.69) is 114 Å². The Morgan fingerprint density at radius 1 is 0.763 bits per heavy atom. The van der Waals surface area contributed by atoms with Gasteiger partial charge in [0.2, 0.25) is 0 Å². The minimum Gasteiger partial charge on any atom is -0.402 e.